The summed E-state index contributed by atoms with van der Waals surface area (Å²) in [4.78, 5) is 36.9. The molecule has 36 heavy (non-hydrogen) atoms. The van der Waals surface area contributed by atoms with Gasteiger partial charge in [0.15, 0.2) is 5.57 Å². The molecule has 1 N–H and O–H groups in total. The van der Waals surface area contributed by atoms with Gasteiger partial charge in [-0.2, -0.15) is 5.26 Å². The first-order chi connectivity index (χ1) is 17.3. The van der Waals surface area contributed by atoms with Crippen LogP contribution in [0.4, 0.5) is 11.4 Å². The fourth-order valence-corrected chi connectivity index (χ4v) is 4.83. The van der Waals surface area contributed by atoms with Crippen molar-refractivity contribution in [1.29, 1.82) is 5.26 Å². The molecule has 0 fully saturated rings. The van der Waals surface area contributed by atoms with Gasteiger partial charge in [-0.25, -0.2) is 0 Å². The number of nitriles is 1. The molecule has 4 rings (SSSR count). The van der Waals surface area contributed by atoms with Gasteiger partial charge in [-0.05, 0) is 54.1 Å². The Hall–Kier alpha value is -4.23. The molecule has 1 heterocycles. The predicted molar refractivity (Wildman–Crippen MR) is 140 cm³/mol. The molecule has 0 saturated heterocycles. The van der Waals surface area contributed by atoms with Gasteiger partial charge in [-0.3, -0.25) is 24.3 Å². The molecular weight excluding hydrogens is 523 g/mol. The summed E-state index contributed by atoms with van der Waals surface area (Å²) in [6.45, 7) is 0. The zero-order valence-corrected chi connectivity index (χ0v) is 20.5. The lowest BCUT2D eigenvalue weighted by Gasteiger charge is -2.07. The quantitative estimate of drug-likeness (QED) is 0.302. The largest absolute Gasteiger partial charge is 0.320 e. The van der Waals surface area contributed by atoms with Crippen LogP contribution in [0.5, 0.6) is 0 Å². The number of thiazole rings is 1. The number of carbonyl (C=O) groups is 1. The van der Waals surface area contributed by atoms with E-state index in [0.29, 0.717) is 16.3 Å². The van der Waals surface area contributed by atoms with E-state index in [2.05, 4.69) is 5.32 Å². The number of nitrogens with zero attached hydrogens (tertiary/aromatic N) is 3. The second-order valence-electron chi connectivity index (χ2n) is 7.31. The molecule has 0 aliphatic carbocycles. The Morgan fingerprint density at radius 1 is 1.08 bits per heavy atom. The third-order valence-electron chi connectivity index (χ3n) is 4.97. The second-order valence-corrected chi connectivity index (χ2v) is 9.18. The summed E-state index contributed by atoms with van der Waals surface area (Å²) in [5, 5.41) is 24.0. The molecule has 11 heteroatoms. The van der Waals surface area contributed by atoms with Gasteiger partial charge in [0.2, 0.25) is 0 Å². The molecule has 0 unspecified atom stereocenters. The van der Waals surface area contributed by atoms with E-state index >= 15 is 0 Å². The first-order valence-corrected chi connectivity index (χ1v) is 11.8. The van der Waals surface area contributed by atoms with Crippen molar-refractivity contribution >= 4 is 63.5 Å². The topological polar surface area (TPSA) is 118 Å². The minimum Gasteiger partial charge on any atom is -0.320 e. The van der Waals surface area contributed by atoms with E-state index in [1.807, 2.05) is 6.07 Å². The molecule has 0 spiro atoms. The lowest BCUT2D eigenvalue weighted by Crippen LogP contribution is -2.32. The molecule has 0 saturated carbocycles. The molecule has 3 aromatic carbocycles. The number of benzene rings is 3. The molecule has 0 bridgehead atoms. The van der Waals surface area contributed by atoms with Crippen LogP contribution in [-0.4, -0.2) is 15.4 Å². The van der Waals surface area contributed by atoms with E-state index in [4.69, 9.17) is 23.2 Å². The molecular formula is C25H14Cl2N4O4S. The monoisotopic (exact) mass is 536 g/mol. The van der Waals surface area contributed by atoms with Gasteiger partial charge >= 0.3 is 0 Å². The smallest absolute Gasteiger partial charge is 0.273 e. The van der Waals surface area contributed by atoms with Crippen molar-refractivity contribution in [2.75, 3.05) is 5.32 Å². The zero-order valence-electron chi connectivity index (χ0n) is 18.1. The third kappa shape index (κ3) is 5.21. The molecule has 1 aromatic heterocycles. The Labute approximate surface area is 217 Å². The van der Waals surface area contributed by atoms with E-state index < -0.39 is 16.4 Å². The summed E-state index contributed by atoms with van der Waals surface area (Å²) in [5.41, 5.74) is 0.420. The normalized spacial score (nSPS) is 12.1. The Balaban J connectivity index is 1.92. The number of halogens is 2. The maximum absolute atomic E-state index is 13.4. The highest BCUT2D eigenvalue weighted by Crippen LogP contribution is 2.25. The fourth-order valence-electron chi connectivity index (χ4n) is 3.28. The molecule has 0 aliphatic rings. The summed E-state index contributed by atoms with van der Waals surface area (Å²) < 4.78 is 1.63. The van der Waals surface area contributed by atoms with E-state index in [-0.39, 0.29) is 31.2 Å². The van der Waals surface area contributed by atoms with Crippen LogP contribution < -0.4 is 20.1 Å². The van der Waals surface area contributed by atoms with Crippen molar-refractivity contribution in [2.24, 2.45) is 0 Å². The van der Waals surface area contributed by atoms with E-state index in [0.717, 1.165) is 11.3 Å². The van der Waals surface area contributed by atoms with E-state index in [1.165, 1.54) is 47.0 Å². The van der Waals surface area contributed by atoms with Crippen molar-refractivity contribution < 1.29 is 9.72 Å². The molecule has 1 amide bonds. The van der Waals surface area contributed by atoms with Crippen molar-refractivity contribution in [1.82, 2.24) is 4.57 Å². The van der Waals surface area contributed by atoms with Crippen LogP contribution in [0.15, 0.2) is 77.6 Å². The van der Waals surface area contributed by atoms with Crippen LogP contribution >= 0.6 is 34.5 Å². The van der Waals surface area contributed by atoms with Crippen LogP contribution in [0.25, 0.3) is 17.3 Å². The Morgan fingerprint density at radius 2 is 1.78 bits per heavy atom. The number of para-hydroxylation sites is 1. The molecule has 178 valence electrons. The number of nitro benzene ring substituents is 1. The summed E-state index contributed by atoms with van der Waals surface area (Å²) in [7, 11) is 0. The second kappa shape index (κ2) is 10.6. The standard InChI is InChI=1S/C25H14Cl2N4O4S/c26-16-8-11-21(20(27)13-16)29-23(32)19(14-28)25-30(17-4-2-1-3-5-17)24(33)22(36-25)12-15-6-9-18(10-7-15)31(34)35/h1-13H,(H,29,32)/b22-12+,25-19+. The van der Waals surface area contributed by atoms with Crippen LogP contribution in [0, 0.1) is 21.4 Å². The van der Waals surface area contributed by atoms with Crippen molar-refractivity contribution in [2.45, 2.75) is 0 Å². The van der Waals surface area contributed by atoms with E-state index in [1.54, 1.807) is 36.4 Å². The zero-order chi connectivity index (χ0) is 25.8. The van der Waals surface area contributed by atoms with Crippen LogP contribution in [0.2, 0.25) is 10.0 Å². The van der Waals surface area contributed by atoms with Crippen LogP contribution in [-0.2, 0) is 4.79 Å². The van der Waals surface area contributed by atoms with Crippen LogP contribution in [0.1, 0.15) is 5.56 Å². The first kappa shape index (κ1) is 24.9. The summed E-state index contributed by atoms with van der Waals surface area (Å²) in [6.07, 6.45) is 1.54. The predicted octanol–water partition coefficient (Wildman–Crippen LogP) is 4.26. The molecule has 0 atom stereocenters. The number of hydrogen-bond donors (Lipinski definition) is 1. The van der Waals surface area contributed by atoms with Gasteiger partial charge in [-0.15, -0.1) is 11.3 Å². The Bertz CT molecular complexity index is 1710. The molecule has 0 aliphatic heterocycles. The number of non-ortho nitro benzene ring substituents is 1. The maximum Gasteiger partial charge on any atom is 0.273 e. The lowest BCUT2D eigenvalue weighted by molar-refractivity contribution is -0.384. The van der Waals surface area contributed by atoms with Gasteiger partial charge in [0, 0.05) is 17.2 Å². The maximum atomic E-state index is 13.4. The van der Waals surface area contributed by atoms with Gasteiger partial charge in [0.1, 0.15) is 10.7 Å². The lowest BCUT2D eigenvalue weighted by atomic mass is 10.2. The first-order valence-electron chi connectivity index (χ1n) is 10.2. The van der Waals surface area contributed by atoms with E-state index in [9.17, 15) is 25.0 Å². The molecule has 4 aromatic rings. The summed E-state index contributed by atoms with van der Waals surface area (Å²) in [5.74, 6) is -0.755. The SMILES string of the molecule is N#C/C(C(=O)Nc1ccc(Cl)cc1Cl)=c1\s/c(=C/c2ccc([N+](=O)[O-])cc2)c(=O)n1-c1ccccc1. The van der Waals surface area contributed by atoms with Crippen LogP contribution in [0.3, 0.4) is 0 Å². The summed E-state index contributed by atoms with van der Waals surface area (Å²) in [6, 6.07) is 20.6. The number of rotatable bonds is 5. The molecule has 0 radical (unpaired) electrons. The fraction of sp³-hybridized carbons (Fsp3) is 0. The number of anilines is 1. The number of nitro groups is 1. The number of nitrogens with one attached hydrogen (secondary N) is 1. The Kier molecular flexibility index (Phi) is 7.31. The van der Waals surface area contributed by atoms with Gasteiger partial charge in [0.25, 0.3) is 17.2 Å². The number of amides is 1. The van der Waals surface area contributed by atoms with Gasteiger partial charge in [-0.1, -0.05) is 41.4 Å². The Morgan fingerprint density at radius 3 is 2.39 bits per heavy atom. The van der Waals surface area contributed by atoms with Crippen molar-refractivity contribution in [3.8, 4) is 11.8 Å². The number of aromatic nitrogens is 1. The van der Waals surface area contributed by atoms with Gasteiger partial charge < -0.3 is 5.32 Å². The summed E-state index contributed by atoms with van der Waals surface area (Å²) >= 11 is 13.0. The highest BCUT2D eigenvalue weighted by atomic mass is 35.5. The molecule has 8 nitrogen and oxygen atoms in total. The number of hydrogen-bond acceptors (Lipinski definition) is 6. The minimum atomic E-state index is -0.755. The average molecular weight is 537 g/mol. The number of carbonyl (C=O) groups excluding carboxylic acids is 1. The highest BCUT2D eigenvalue weighted by Gasteiger charge is 2.18. The highest BCUT2D eigenvalue weighted by molar-refractivity contribution is 7.07. The third-order valence-corrected chi connectivity index (χ3v) is 6.61. The van der Waals surface area contributed by atoms with Gasteiger partial charge in [0.05, 0.1) is 25.9 Å². The average Bonchev–Trinajstić information content (AvgIpc) is 3.17. The minimum absolute atomic E-state index is 0.0849. The van der Waals surface area contributed by atoms with Crippen molar-refractivity contribution in [3.63, 3.8) is 0 Å². The van der Waals surface area contributed by atoms with Crippen molar-refractivity contribution in [3.05, 3.63) is 118 Å².